The molecule has 0 amide bonds. The Hall–Kier alpha value is -1.17. The summed E-state index contributed by atoms with van der Waals surface area (Å²) in [4.78, 5) is 5.70. The number of nitrogens with two attached hydrogens (primary N) is 1. The molecule has 3 aromatic rings. The van der Waals surface area contributed by atoms with Gasteiger partial charge in [-0.3, -0.25) is 4.40 Å². The van der Waals surface area contributed by atoms with Crippen molar-refractivity contribution in [3.8, 4) is 11.3 Å². The SMILES string of the molecule is Cc1csc2nc(-c3ccc(Br)cc3)c(CN)n12. The number of hydrogen-bond donors (Lipinski definition) is 1. The highest BCUT2D eigenvalue weighted by Gasteiger charge is 2.15. The van der Waals surface area contributed by atoms with Gasteiger partial charge in [-0.25, -0.2) is 4.98 Å². The number of hydrogen-bond acceptors (Lipinski definition) is 3. The minimum atomic E-state index is 0.490. The van der Waals surface area contributed by atoms with Gasteiger partial charge in [-0.1, -0.05) is 28.1 Å². The molecule has 2 N–H and O–H groups in total. The molecule has 0 fully saturated rings. The molecule has 0 aliphatic rings. The van der Waals surface area contributed by atoms with Crippen LogP contribution in [0.2, 0.25) is 0 Å². The van der Waals surface area contributed by atoms with E-state index in [1.807, 2.05) is 12.1 Å². The maximum absolute atomic E-state index is 5.89. The van der Waals surface area contributed by atoms with Crippen molar-refractivity contribution in [3.63, 3.8) is 0 Å². The molecule has 5 heteroatoms. The monoisotopic (exact) mass is 321 g/mol. The molecule has 2 aromatic heterocycles. The van der Waals surface area contributed by atoms with Gasteiger partial charge in [0, 0.05) is 27.7 Å². The van der Waals surface area contributed by atoms with Gasteiger partial charge in [-0.2, -0.15) is 0 Å². The maximum Gasteiger partial charge on any atom is 0.194 e. The summed E-state index contributed by atoms with van der Waals surface area (Å²) in [6.45, 7) is 2.57. The van der Waals surface area contributed by atoms with Gasteiger partial charge < -0.3 is 5.73 Å². The predicted octanol–water partition coefficient (Wildman–Crippen LogP) is 3.59. The lowest BCUT2D eigenvalue weighted by Crippen LogP contribution is -2.03. The molecule has 0 spiro atoms. The third-order valence-electron chi connectivity index (χ3n) is 2.94. The van der Waals surface area contributed by atoms with Crippen molar-refractivity contribution in [3.05, 3.63) is 45.5 Å². The van der Waals surface area contributed by atoms with Crippen molar-refractivity contribution in [1.29, 1.82) is 0 Å². The molecule has 0 aliphatic heterocycles. The third kappa shape index (κ3) is 1.79. The van der Waals surface area contributed by atoms with Crippen LogP contribution >= 0.6 is 27.3 Å². The van der Waals surface area contributed by atoms with Crippen LogP contribution in [-0.4, -0.2) is 9.38 Å². The molecule has 1 aromatic carbocycles. The topological polar surface area (TPSA) is 43.3 Å². The zero-order valence-corrected chi connectivity index (χ0v) is 12.3. The summed E-state index contributed by atoms with van der Waals surface area (Å²) < 4.78 is 3.21. The van der Waals surface area contributed by atoms with E-state index in [0.29, 0.717) is 6.54 Å². The van der Waals surface area contributed by atoms with Crippen LogP contribution in [0, 0.1) is 6.92 Å². The van der Waals surface area contributed by atoms with E-state index >= 15 is 0 Å². The number of rotatable bonds is 2. The lowest BCUT2D eigenvalue weighted by molar-refractivity contribution is 0.946. The van der Waals surface area contributed by atoms with Crippen LogP contribution < -0.4 is 5.73 Å². The van der Waals surface area contributed by atoms with Gasteiger partial charge >= 0.3 is 0 Å². The van der Waals surface area contributed by atoms with Gasteiger partial charge in [0.15, 0.2) is 4.96 Å². The van der Waals surface area contributed by atoms with Crippen LogP contribution in [0.15, 0.2) is 34.1 Å². The quantitative estimate of drug-likeness (QED) is 0.783. The summed E-state index contributed by atoms with van der Waals surface area (Å²) in [5.74, 6) is 0. The lowest BCUT2D eigenvalue weighted by Gasteiger charge is -2.03. The zero-order chi connectivity index (χ0) is 12.7. The van der Waals surface area contributed by atoms with Crippen LogP contribution in [0.4, 0.5) is 0 Å². The number of halogens is 1. The molecule has 18 heavy (non-hydrogen) atoms. The zero-order valence-electron chi connectivity index (χ0n) is 9.85. The number of fused-ring (bicyclic) bond motifs is 1. The summed E-state index contributed by atoms with van der Waals surface area (Å²) in [6.07, 6.45) is 0. The summed E-state index contributed by atoms with van der Waals surface area (Å²) >= 11 is 5.09. The number of aromatic nitrogens is 2. The van der Waals surface area contributed by atoms with Crippen molar-refractivity contribution in [2.45, 2.75) is 13.5 Å². The summed E-state index contributed by atoms with van der Waals surface area (Å²) in [5, 5.41) is 2.10. The molecule has 0 atom stereocenters. The highest BCUT2D eigenvalue weighted by molar-refractivity contribution is 9.10. The molecule has 3 nitrogen and oxygen atoms in total. The predicted molar refractivity (Wildman–Crippen MR) is 78.8 cm³/mol. The molecule has 0 radical (unpaired) electrons. The summed E-state index contributed by atoms with van der Waals surface area (Å²) in [5.41, 5.74) is 10.2. The maximum atomic E-state index is 5.89. The second-order valence-corrected chi connectivity index (χ2v) is 5.87. The Morgan fingerprint density at radius 3 is 2.72 bits per heavy atom. The fourth-order valence-electron chi connectivity index (χ4n) is 2.09. The normalized spacial score (nSPS) is 11.3. The van der Waals surface area contributed by atoms with E-state index in [2.05, 4.69) is 44.8 Å². The van der Waals surface area contributed by atoms with E-state index in [0.717, 1.165) is 26.4 Å². The summed E-state index contributed by atoms with van der Waals surface area (Å²) in [7, 11) is 0. The molecular formula is C13H12BrN3S. The first kappa shape index (κ1) is 11.9. The smallest absolute Gasteiger partial charge is 0.194 e. The molecule has 0 bridgehead atoms. The molecule has 2 heterocycles. The highest BCUT2D eigenvalue weighted by atomic mass is 79.9. The molecule has 0 unspecified atom stereocenters. The van der Waals surface area contributed by atoms with Gasteiger partial charge in [0.1, 0.15) is 0 Å². The Bertz CT molecular complexity index is 697. The van der Waals surface area contributed by atoms with Gasteiger partial charge in [-0.15, -0.1) is 11.3 Å². The molecule has 0 aliphatic carbocycles. The molecule has 0 saturated carbocycles. The van der Waals surface area contributed by atoms with E-state index in [1.54, 1.807) is 11.3 Å². The Kier molecular flexibility index (Phi) is 2.97. The second-order valence-electron chi connectivity index (χ2n) is 4.11. The summed E-state index contributed by atoms with van der Waals surface area (Å²) in [6, 6.07) is 8.17. The molecular weight excluding hydrogens is 310 g/mol. The Labute approximate surface area is 117 Å². The highest BCUT2D eigenvalue weighted by Crippen LogP contribution is 2.28. The third-order valence-corrected chi connectivity index (χ3v) is 4.41. The number of nitrogens with zero attached hydrogens (tertiary/aromatic N) is 2. The van der Waals surface area contributed by atoms with Gasteiger partial charge in [0.05, 0.1) is 11.4 Å². The first-order valence-electron chi connectivity index (χ1n) is 5.62. The van der Waals surface area contributed by atoms with Crippen molar-refractivity contribution in [1.82, 2.24) is 9.38 Å². The molecule has 3 rings (SSSR count). The van der Waals surface area contributed by atoms with Gasteiger partial charge in [0.25, 0.3) is 0 Å². The van der Waals surface area contributed by atoms with Crippen molar-refractivity contribution >= 4 is 32.2 Å². The van der Waals surface area contributed by atoms with Crippen LogP contribution in [0.1, 0.15) is 11.4 Å². The average molecular weight is 322 g/mol. The van der Waals surface area contributed by atoms with Crippen LogP contribution in [-0.2, 0) is 6.54 Å². The minimum Gasteiger partial charge on any atom is -0.325 e. The Balaban J connectivity index is 2.25. The molecule has 92 valence electrons. The fourth-order valence-corrected chi connectivity index (χ4v) is 3.24. The Morgan fingerprint density at radius 1 is 1.33 bits per heavy atom. The van der Waals surface area contributed by atoms with Gasteiger partial charge in [-0.05, 0) is 19.1 Å². The number of aryl methyl sites for hydroxylation is 1. The average Bonchev–Trinajstić information content (AvgIpc) is 2.91. The lowest BCUT2D eigenvalue weighted by atomic mass is 10.1. The van der Waals surface area contributed by atoms with Crippen LogP contribution in [0.5, 0.6) is 0 Å². The molecule has 0 saturated heterocycles. The van der Waals surface area contributed by atoms with Crippen LogP contribution in [0.25, 0.3) is 16.2 Å². The van der Waals surface area contributed by atoms with E-state index in [9.17, 15) is 0 Å². The first-order valence-corrected chi connectivity index (χ1v) is 7.29. The number of benzene rings is 1. The van der Waals surface area contributed by atoms with E-state index in [-0.39, 0.29) is 0 Å². The Morgan fingerprint density at radius 2 is 2.06 bits per heavy atom. The van der Waals surface area contributed by atoms with E-state index in [4.69, 9.17) is 10.7 Å². The van der Waals surface area contributed by atoms with Crippen molar-refractivity contribution < 1.29 is 0 Å². The number of imidazole rings is 1. The number of thiazole rings is 1. The first-order chi connectivity index (χ1) is 8.70. The van der Waals surface area contributed by atoms with Crippen LogP contribution in [0.3, 0.4) is 0 Å². The largest absolute Gasteiger partial charge is 0.325 e. The fraction of sp³-hybridized carbons (Fsp3) is 0.154. The van der Waals surface area contributed by atoms with E-state index < -0.39 is 0 Å². The minimum absolute atomic E-state index is 0.490. The van der Waals surface area contributed by atoms with Crippen molar-refractivity contribution in [2.24, 2.45) is 5.73 Å². The van der Waals surface area contributed by atoms with E-state index in [1.165, 1.54) is 5.69 Å². The second kappa shape index (κ2) is 4.50. The van der Waals surface area contributed by atoms with Crippen molar-refractivity contribution in [2.75, 3.05) is 0 Å². The van der Waals surface area contributed by atoms with Gasteiger partial charge in [0.2, 0.25) is 0 Å². The standard InChI is InChI=1S/C13H12BrN3S/c1-8-7-18-13-16-12(11(6-15)17(8)13)9-2-4-10(14)5-3-9/h2-5,7H,6,15H2,1H3.